The van der Waals surface area contributed by atoms with E-state index in [1.807, 2.05) is 23.1 Å². The summed E-state index contributed by atoms with van der Waals surface area (Å²) >= 11 is 0. The molecule has 1 saturated heterocycles. The number of hydrogen-bond acceptors (Lipinski definition) is 5. The van der Waals surface area contributed by atoms with Gasteiger partial charge in [-0.3, -0.25) is 9.89 Å². The van der Waals surface area contributed by atoms with Crippen LogP contribution in [0.5, 0.6) is 11.5 Å². The molecule has 1 fully saturated rings. The highest BCUT2D eigenvalue weighted by Crippen LogP contribution is 2.35. The van der Waals surface area contributed by atoms with Gasteiger partial charge in [-0.2, -0.15) is 5.10 Å². The van der Waals surface area contributed by atoms with Gasteiger partial charge in [-0.15, -0.1) is 0 Å². The van der Waals surface area contributed by atoms with Crippen molar-refractivity contribution in [3.05, 3.63) is 30.0 Å². The predicted molar refractivity (Wildman–Crippen MR) is 90.9 cm³/mol. The fourth-order valence-electron chi connectivity index (χ4n) is 3.19. The molecule has 0 radical (unpaired) electrons. The van der Waals surface area contributed by atoms with Gasteiger partial charge in [0.1, 0.15) is 13.2 Å². The third kappa shape index (κ3) is 3.07. The molecular formula is C18H21N3O4. The van der Waals surface area contributed by atoms with Crippen molar-refractivity contribution in [2.75, 3.05) is 32.9 Å². The summed E-state index contributed by atoms with van der Waals surface area (Å²) in [6.45, 7) is 4.92. The van der Waals surface area contributed by atoms with Gasteiger partial charge in [-0.05, 0) is 24.6 Å². The number of carbonyl (C=O) groups is 1. The van der Waals surface area contributed by atoms with E-state index in [2.05, 4.69) is 17.1 Å². The number of morpholine rings is 1. The number of fused-ring (bicyclic) bond motifs is 1. The lowest BCUT2D eigenvalue weighted by Gasteiger charge is -2.32. The summed E-state index contributed by atoms with van der Waals surface area (Å²) in [7, 11) is 0. The van der Waals surface area contributed by atoms with Crippen LogP contribution in [-0.4, -0.2) is 60.0 Å². The Labute approximate surface area is 145 Å². The number of carbonyl (C=O) groups excluding carboxylic acids is 1. The summed E-state index contributed by atoms with van der Waals surface area (Å²) in [4.78, 5) is 14.8. The number of benzene rings is 1. The summed E-state index contributed by atoms with van der Waals surface area (Å²) in [5.74, 6) is 1.39. The third-order valence-corrected chi connectivity index (χ3v) is 4.58. The lowest BCUT2D eigenvalue weighted by molar-refractivity contribution is -0.0226. The van der Waals surface area contributed by atoms with Crippen molar-refractivity contribution in [1.82, 2.24) is 15.1 Å². The number of ether oxygens (including phenoxy) is 3. The lowest BCUT2D eigenvalue weighted by Crippen LogP contribution is -2.45. The first-order valence-corrected chi connectivity index (χ1v) is 8.60. The van der Waals surface area contributed by atoms with Crippen LogP contribution < -0.4 is 9.47 Å². The number of aromatic nitrogens is 2. The normalized spacial score (nSPS) is 19.7. The standard InChI is InChI=1S/C18H21N3O4/c1-2-13-11-21(5-6-23-13)18(22)14-10-19-20-17(14)12-3-4-15-16(9-12)25-8-7-24-15/h3-4,9-10,13H,2,5-8,11H2,1H3,(H,19,20)/t13-/m1/s1. The minimum absolute atomic E-state index is 0.0274. The maximum absolute atomic E-state index is 13.0. The van der Waals surface area contributed by atoms with Gasteiger partial charge >= 0.3 is 0 Å². The number of aromatic amines is 1. The van der Waals surface area contributed by atoms with Crippen molar-refractivity contribution in [1.29, 1.82) is 0 Å². The van der Waals surface area contributed by atoms with Crippen LogP contribution in [0.2, 0.25) is 0 Å². The lowest BCUT2D eigenvalue weighted by atomic mass is 10.1. The van der Waals surface area contributed by atoms with E-state index >= 15 is 0 Å². The molecule has 1 atom stereocenters. The van der Waals surface area contributed by atoms with Crippen LogP contribution in [0.25, 0.3) is 11.3 Å². The van der Waals surface area contributed by atoms with E-state index < -0.39 is 0 Å². The molecule has 0 bridgehead atoms. The zero-order chi connectivity index (χ0) is 17.2. The second-order valence-corrected chi connectivity index (χ2v) is 6.17. The van der Waals surface area contributed by atoms with E-state index in [0.29, 0.717) is 49.9 Å². The maximum Gasteiger partial charge on any atom is 0.257 e. The Morgan fingerprint density at radius 3 is 2.96 bits per heavy atom. The van der Waals surface area contributed by atoms with Crippen LogP contribution in [0.4, 0.5) is 0 Å². The first-order valence-electron chi connectivity index (χ1n) is 8.60. The van der Waals surface area contributed by atoms with Crippen LogP contribution in [0.1, 0.15) is 23.7 Å². The molecule has 3 heterocycles. The number of amides is 1. The predicted octanol–water partition coefficient (Wildman–Crippen LogP) is 2.10. The summed E-state index contributed by atoms with van der Waals surface area (Å²) in [6, 6.07) is 5.65. The largest absolute Gasteiger partial charge is 0.486 e. The molecule has 7 heteroatoms. The van der Waals surface area contributed by atoms with Crippen LogP contribution in [0.3, 0.4) is 0 Å². The van der Waals surface area contributed by atoms with Crippen molar-refractivity contribution in [2.45, 2.75) is 19.4 Å². The molecule has 132 valence electrons. The molecule has 0 aliphatic carbocycles. The second-order valence-electron chi connectivity index (χ2n) is 6.17. The van der Waals surface area contributed by atoms with Crippen molar-refractivity contribution >= 4 is 5.91 Å². The molecule has 4 rings (SSSR count). The van der Waals surface area contributed by atoms with Crippen molar-refractivity contribution < 1.29 is 19.0 Å². The smallest absolute Gasteiger partial charge is 0.257 e. The van der Waals surface area contributed by atoms with E-state index in [1.54, 1.807) is 6.20 Å². The number of hydrogen-bond donors (Lipinski definition) is 1. The zero-order valence-electron chi connectivity index (χ0n) is 14.2. The van der Waals surface area contributed by atoms with E-state index in [9.17, 15) is 4.79 Å². The summed E-state index contributed by atoms with van der Waals surface area (Å²) in [6.07, 6.45) is 2.58. The van der Waals surface area contributed by atoms with E-state index in [0.717, 1.165) is 17.7 Å². The highest BCUT2D eigenvalue weighted by molar-refractivity contribution is 6.00. The average Bonchev–Trinajstić information content (AvgIpc) is 3.17. The fraction of sp³-hybridized carbons (Fsp3) is 0.444. The van der Waals surface area contributed by atoms with Gasteiger partial charge in [0.2, 0.25) is 0 Å². The molecule has 2 aliphatic heterocycles. The van der Waals surface area contributed by atoms with Gasteiger partial charge in [-0.1, -0.05) is 6.92 Å². The van der Waals surface area contributed by atoms with Gasteiger partial charge in [0.25, 0.3) is 5.91 Å². The minimum Gasteiger partial charge on any atom is -0.486 e. The molecule has 2 aromatic rings. The van der Waals surface area contributed by atoms with Gasteiger partial charge in [0, 0.05) is 18.7 Å². The van der Waals surface area contributed by atoms with Gasteiger partial charge in [0.15, 0.2) is 11.5 Å². The van der Waals surface area contributed by atoms with Gasteiger partial charge in [0.05, 0.1) is 30.2 Å². The molecule has 0 saturated carbocycles. The van der Waals surface area contributed by atoms with E-state index in [1.165, 1.54) is 0 Å². The second kappa shape index (κ2) is 6.76. The van der Waals surface area contributed by atoms with Crippen molar-refractivity contribution in [3.63, 3.8) is 0 Å². The van der Waals surface area contributed by atoms with Crippen LogP contribution >= 0.6 is 0 Å². The molecule has 1 N–H and O–H groups in total. The Balaban J connectivity index is 1.61. The van der Waals surface area contributed by atoms with E-state index in [4.69, 9.17) is 14.2 Å². The van der Waals surface area contributed by atoms with E-state index in [-0.39, 0.29) is 12.0 Å². The van der Waals surface area contributed by atoms with Crippen molar-refractivity contribution in [3.8, 4) is 22.8 Å². The molecule has 25 heavy (non-hydrogen) atoms. The number of nitrogens with zero attached hydrogens (tertiary/aromatic N) is 2. The molecule has 1 aromatic heterocycles. The molecule has 1 aromatic carbocycles. The number of nitrogens with one attached hydrogen (secondary N) is 1. The minimum atomic E-state index is -0.0274. The highest BCUT2D eigenvalue weighted by atomic mass is 16.6. The zero-order valence-corrected chi connectivity index (χ0v) is 14.2. The number of rotatable bonds is 3. The molecule has 7 nitrogen and oxygen atoms in total. The molecule has 0 unspecified atom stereocenters. The SMILES string of the molecule is CC[C@@H]1CN(C(=O)c2cn[nH]c2-c2ccc3c(c2)OCCO3)CCO1. The summed E-state index contributed by atoms with van der Waals surface area (Å²) < 4.78 is 16.8. The molecule has 0 spiro atoms. The Morgan fingerprint density at radius 2 is 2.12 bits per heavy atom. The van der Waals surface area contributed by atoms with Crippen LogP contribution in [0.15, 0.2) is 24.4 Å². The average molecular weight is 343 g/mol. The van der Waals surface area contributed by atoms with Crippen LogP contribution in [0, 0.1) is 0 Å². The Hall–Kier alpha value is -2.54. The van der Waals surface area contributed by atoms with Crippen LogP contribution in [-0.2, 0) is 4.74 Å². The molecular weight excluding hydrogens is 322 g/mol. The molecule has 2 aliphatic rings. The first-order chi connectivity index (χ1) is 12.3. The monoisotopic (exact) mass is 343 g/mol. The number of H-pyrrole nitrogens is 1. The van der Waals surface area contributed by atoms with Crippen molar-refractivity contribution in [2.24, 2.45) is 0 Å². The van der Waals surface area contributed by atoms with Gasteiger partial charge < -0.3 is 19.1 Å². The Bertz CT molecular complexity index is 773. The quantitative estimate of drug-likeness (QED) is 0.923. The summed E-state index contributed by atoms with van der Waals surface area (Å²) in [5.41, 5.74) is 2.11. The van der Waals surface area contributed by atoms with Gasteiger partial charge in [-0.25, -0.2) is 0 Å². The Morgan fingerprint density at radius 1 is 1.28 bits per heavy atom. The third-order valence-electron chi connectivity index (χ3n) is 4.58. The fourth-order valence-corrected chi connectivity index (χ4v) is 3.19. The maximum atomic E-state index is 13.0. The highest BCUT2D eigenvalue weighted by Gasteiger charge is 2.27. The first kappa shape index (κ1) is 16.0. The topological polar surface area (TPSA) is 76.7 Å². The Kier molecular flexibility index (Phi) is 4.31. The molecule has 1 amide bonds. The summed E-state index contributed by atoms with van der Waals surface area (Å²) in [5, 5.41) is 7.04.